The molecule has 0 spiro atoms. The lowest BCUT2D eigenvalue weighted by Gasteiger charge is -2.26. The van der Waals surface area contributed by atoms with Crippen LogP contribution in [0.3, 0.4) is 0 Å². The van der Waals surface area contributed by atoms with E-state index in [0.717, 1.165) is 18.4 Å². The first-order valence-electron chi connectivity index (χ1n) is 8.73. The van der Waals surface area contributed by atoms with Crippen molar-refractivity contribution in [1.29, 1.82) is 0 Å². The fourth-order valence-corrected chi connectivity index (χ4v) is 3.38. The Bertz CT molecular complexity index is 779. The standard InChI is InChI=1S/C20H20Cl2FNO3/c21-15-4-3-14(19(22)10-15)11-24(12-18-2-1-9-26-18)20(25)13-27-17-7-5-16(23)6-8-17/h3-8,10,18H,1-2,9,11-13H2/t18-/m0/s1. The second-order valence-corrected chi connectivity index (χ2v) is 7.23. The number of hydrogen-bond donors (Lipinski definition) is 0. The highest BCUT2D eigenvalue weighted by Crippen LogP contribution is 2.23. The SMILES string of the molecule is O=C(COc1ccc(F)cc1)N(Cc1ccc(Cl)cc1Cl)C[C@@H]1CCCO1. The second-order valence-electron chi connectivity index (χ2n) is 6.39. The van der Waals surface area contributed by atoms with Gasteiger partial charge in [-0.2, -0.15) is 0 Å². The van der Waals surface area contributed by atoms with Crippen molar-refractivity contribution in [2.45, 2.75) is 25.5 Å². The highest BCUT2D eigenvalue weighted by atomic mass is 35.5. The number of halogens is 3. The van der Waals surface area contributed by atoms with Crippen LogP contribution in [0.5, 0.6) is 5.75 Å². The maximum absolute atomic E-state index is 13.0. The first kappa shape index (κ1) is 19.9. The molecule has 7 heteroatoms. The van der Waals surface area contributed by atoms with Crippen LogP contribution in [-0.2, 0) is 16.1 Å². The summed E-state index contributed by atoms with van der Waals surface area (Å²) in [5, 5.41) is 1.05. The Morgan fingerprint density at radius 1 is 1.22 bits per heavy atom. The van der Waals surface area contributed by atoms with Crippen LogP contribution in [0.1, 0.15) is 18.4 Å². The van der Waals surface area contributed by atoms with Crippen molar-refractivity contribution in [2.24, 2.45) is 0 Å². The molecule has 0 N–H and O–H groups in total. The van der Waals surface area contributed by atoms with E-state index in [1.165, 1.54) is 24.3 Å². The van der Waals surface area contributed by atoms with E-state index in [1.807, 2.05) is 0 Å². The fourth-order valence-electron chi connectivity index (χ4n) is 2.91. The largest absolute Gasteiger partial charge is 0.484 e. The van der Waals surface area contributed by atoms with Gasteiger partial charge in [-0.3, -0.25) is 4.79 Å². The third-order valence-electron chi connectivity index (χ3n) is 4.35. The number of hydrogen-bond acceptors (Lipinski definition) is 3. The smallest absolute Gasteiger partial charge is 0.260 e. The first-order valence-corrected chi connectivity index (χ1v) is 9.48. The average Bonchev–Trinajstić information content (AvgIpc) is 3.15. The molecular formula is C20H20Cl2FNO3. The van der Waals surface area contributed by atoms with Crippen LogP contribution in [0.2, 0.25) is 10.0 Å². The van der Waals surface area contributed by atoms with Gasteiger partial charge in [0.1, 0.15) is 11.6 Å². The van der Waals surface area contributed by atoms with Gasteiger partial charge in [0, 0.05) is 29.7 Å². The maximum atomic E-state index is 13.0. The fraction of sp³-hybridized carbons (Fsp3) is 0.350. The number of benzene rings is 2. The van der Waals surface area contributed by atoms with E-state index in [2.05, 4.69) is 0 Å². The summed E-state index contributed by atoms with van der Waals surface area (Å²) < 4.78 is 24.2. The van der Waals surface area contributed by atoms with E-state index in [1.54, 1.807) is 23.1 Å². The van der Waals surface area contributed by atoms with Gasteiger partial charge in [0.25, 0.3) is 5.91 Å². The van der Waals surface area contributed by atoms with Gasteiger partial charge in [0.15, 0.2) is 6.61 Å². The zero-order valence-electron chi connectivity index (χ0n) is 14.7. The molecule has 1 amide bonds. The molecule has 3 rings (SSSR count). The molecule has 1 fully saturated rings. The van der Waals surface area contributed by atoms with Crippen molar-refractivity contribution < 1.29 is 18.7 Å². The molecule has 4 nitrogen and oxygen atoms in total. The van der Waals surface area contributed by atoms with E-state index in [9.17, 15) is 9.18 Å². The van der Waals surface area contributed by atoms with Crippen LogP contribution < -0.4 is 4.74 Å². The van der Waals surface area contributed by atoms with E-state index < -0.39 is 0 Å². The monoisotopic (exact) mass is 411 g/mol. The summed E-state index contributed by atoms with van der Waals surface area (Å²) in [4.78, 5) is 14.4. The Kier molecular flexibility index (Phi) is 6.94. The van der Waals surface area contributed by atoms with Gasteiger partial charge in [-0.25, -0.2) is 4.39 Å². The van der Waals surface area contributed by atoms with Crippen molar-refractivity contribution in [2.75, 3.05) is 19.8 Å². The van der Waals surface area contributed by atoms with Crippen LogP contribution in [0, 0.1) is 5.82 Å². The van der Waals surface area contributed by atoms with Gasteiger partial charge in [0.2, 0.25) is 0 Å². The van der Waals surface area contributed by atoms with Crippen molar-refractivity contribution in [3.05, 3.63) is 63.9 Å². The molecule has 1 saturated heterocycles. The van der Waals surface area contributed by atoms with E-state index in [0.29, 0.717) is 35.5 Å². The third kappa shape index (κ3) is 5.83. The number of carbonyl (C=O) groups excluding carboxylic acids is 1. The molecule has 0 radical (unpaired) electrons. The van der Waals surface area contributed by atoms with Gasteiger partial charge in [-0.05, 0) is 54.8 Å². The lowest BCUT2D eigenvalue weighted by molar-refractivity contribution is -0.135. The summed E-state index contributed by atoms with van der Waals surface area (Å²) >= 11 is 12.2. The first-order chi connectivity index (χ1) is 13.0. The highest BCUT2D eigenvalue weighted by Gasteiger charge is 2.23. The molecule has 144 valence electrons. The van der Waals surface area contributed by atoms with Gasteiger partial charge in [-0.1, -0.05) is 29.3 Å². The number of nitrogens with zero attached hydrogens (tertiary/aromatic N) is 1. The molecule has 0 unspecified atom stereocenters. The minimum atomic E-state index is -0.355. The van der Waals surface area contributed by atoms with Crippen molar-refractivity contribution >= 4 is 29.1 Å². The molecular weight excluding hydrogens is 392 g/mol. The van der Waals surface area contributed by atoms with Crippen molar-refractivity contribution in [3.63, 3.8) is 0 Å². The Labute approximate surface area is 167 Å². The molecule has 27 heavy (non-hydrogen) atoms. The van der Waals surface area contributed by atoms with Crippen molar-refractivity contribution in [1.82, 2.24) is 4.90 Å². The summed E-state index contributed by atoms with van der Waals surface area (Å²) in [7, 11) is 0. The molecule has 1 heterocycles. The molecule has 2 aromatic rings. The Balaban J connectivity index is 1.67. The lowest BCUT2D eigenvalue weighted by Crippen LogP contribution is -2.39. The Morgan fingerprint density at radius 3 is 2.67 bits per heavy atom. The Hall–Kier alpha value is -1.82. The number of carbonyl (C=O) groups is 1. The molecule has 2 aromatic carbocycles. The predicted molar refractivity (Wildman–Crippen MR) is 103 cm³/mol. The van der Waals surface area contributed by atoms with Crippen LogP contribution in [-0.4, -0.2) is 36.7 Å². The van der Waals surface area contributed by atoms with Crippen molar-refractivity contribution in [3.8, 4) is 5.75 Å². The molecule has 1 atom stereocenters. The van der Waals surface area contributed by atoms with Crippen LogP contribution in [0.15, 0.2) is 42.5 Å². The topological polar surface area (TPSA) is 38.8 Å². The average molecular weight is 412 g/mol. The van der Waals surface area contributed by atoms with Gasteiger partial charge < -0.3 is 14.4 Å². The predicted octanol–water partition coefficient (Wildman–Crippen LogP) is 4.72. The number of amides is 1. The second kappa shape index (κ2) is 9.40. The zero-order valence-corrected chi connectivity index (χ0v) is 16.2. The Morgan fingerprint density at radius 2 is 2.00 bits per heavy atom. The van der Waals surface area contributed by atoms with E-state index >= 15 is 0 Å². The van der Waals surface area contributed by atoms with Gasteiger partial charge in [0.05, 0.1) is 6.10 Å². The van der Waals surface area contributed by atoms with E-state index in [-0.39, 0.29) is 24.4 Å². The number of rotatable bonds is 7. The summed E-state index contributed by atoms with van der Waals surface area (Å²) in [6.45, 7) is 1.36. The normalized spacial score (nSPS) is 16.3. The highest BCUT2D eigenvalue weighted by molar-refractivity contribution is 6.35. The summed E-state index contributed by atoms with van der Waals surface area (Å²) in [5.74, 6) is -0.113. The quantitative estimate of drug-likeness (QED) is 0.661. The molecule has 0 aliphatic carbocycles. The summed E-state index contributed by atoms with van der Waals surface area (Å²) in [6.07, 6.45) is 1.91. The molecule has 1 aliphatic rings. The molecule has 0 saturated carbocycles. The van der Waals surface area contributed by atoms with Gasteiger partial charge in [-0.15, -0.1) is 0 Å². The molecule has 1 aliphatic heterocycles. The molecule has 0 aromatic heterocycles. The summed E-state index contributed by atoms with van der Waals surface area (Å²) in [6, 6.07) is 10.8. The zero-order chi connectivity index (χ0) is 19.2. The third-order valence-corrected chi connectivity index (χ3v) is 4.94. The van der Waals surface area contributed by atoms with E-state index in [4.69, 9.17) is 32.7 Å². The maximum Gasteiger partial charge on any atom is 0.260 e. The minimum Gasteiger partial charge on any atom is -0.484 e. The van der Waals surface area contributed by atoms with Crippen LogP contribution in [0.4, 0.5) is 4.39 Å². The lowest BCUT2D eigenvalue weighted by atomic mass is 10.1. The van der Waals surface area contributed by atoms with Crippen LogP contribution >= 0.6 is 23.2 Å². The van der Waals surface area contributed by atoms with Gasteiger partial charge >= 0.3 is 0 Å². The molecule has 0 bridgehead atoms. The summed E-state index contributed by atoms with van der Waals surface area (Å²) in [5.41, 5.74) is 0.800. The number of ether oxygens (including phenoxy) is 2. The minimum absolute atomic E-state index is 0.00541. The van der Waals surface area contributed by atoms with Crippen LogP contribution in [0.25, 0.3) is 0 Å².